The zero-order chi connectivity index (χ0) is 7.84. The highest BCUT2D eigenvalue weighted by Crippen LogP contribution is 2.40. The molecule has 2 fully saturated rings. The van der Waals surface area contributed by atoms with Crippen molar-refractivity contribution in [3.63, 3.8) is 0 Å². The van der Waals surface area contributed by atoms with Crippen LogP contribution in [0.5, 0.6) is 0 Å². The van der Waals surface area contributed by atoms with Gasteiger partial charge in [-0.25, -0.2) is 0 Å². The number of methoxy groups -OCH3 is 1. The van der Waals surface area contributed by atoms with Gasteiger partial charge in [0.05, 0.1) is 12.2 Å². The largest absolute Gasteiger partial charge is 0.390 e. The van der Waals surface area contributed by atoms with Gasteiger partial charge in [-0.1, -0.05) is 0 Å². The van der Waals surface area contributed by atoms with Crippen LogP contribution in [0.25, 0.3) is 0 Å². The van der Waals surface area contributed by atoms with Gasteiger partial charge in [0.15, 0.2) is 0 Å². The first-order valence-corrected chi connectivity index (χ1v) is 3.77. The Labute approximate surface area is 65.1 Å². The molecule has 0 amide bonds. The Balaban J connectivity index is 1.78. The molecule has 0 bridgehead atoms. The summed E-state index contributed by atoms with van der Waals surface area (Å²) in [4.78, 5) is 0. The third kappa shape index (κ3) is 1.27. The molecule has 4 atom stereocenters. The van der Waals surface area contributed by atoms with Crippen molar-refractivity contribution in [3.8, 4) is 0 Å². The molecule has 1 heterocycles. The van der Waals surface area contributed by atoms with Crippen LogP contribution in [0.3, 0.4) is 0 Å². The average Bonchev–Trinajstić information content (AvgIpc) is 2.71. The van der Waals surface area contributed by atoms with E-state index in [4.69, 9.17) is 14.2 Å². The molecule has 0 unspecified atom stereocenters. The number of epoxide rings is 1. The second kappa shape index (κ2) is 2.71. The van der Waals surface area contributed by atoms with E-state index in [0.717, 1.165) is 0 Å². The smallest absolute Gasteiger partial charge is 0.146 e. The molecule has 1 saturated carbocycles. The van der Waals surface area contributed by atoms with Gasteiger partial charge in [-0.3, -0.25) is 0 Å². The Bertz CT molecular complexity index is 149. The standard InChI is InChI=1S/C7H12O4/c1-9-3-10-5-2-4(8)6-7(5)11-6/h4-8H,2-3H2,1H3/t4-,5-,6-,7+/m1/s1. The van der Waals surface area contributed by atoms with Gasteiger partial charge in [0.25, 0.3) is 0 Å². The Hall–Kier alpha value is -0.160. The second-order valence-electron chi connectivity index (χ2n) is 2.98. The van der Waals surface area contributed by atoms with Gasteiger partial charge in [-0.15, -0.1) is 0 Å². The molecule has 64 valence electrons. The normalized spacial score (nSPS) is 47.5. The summed E-state index contributed by atoms with van der Waals surface area (Å²) in [5.74, 6) is 0. The van der Waals surface area contributed by atoms with E-state index >= 15 is 0 Å². The van der Waals surface area contributed by atoms with Gasteiger partial charge in [0.1, 0.15) is 19.0 Å². The fraction of sp³-hybridized carbons (Fsp3) is 1.00. The minimum Gasteiger partial charge on any atom is -0.390 e. The third-order valence-corrected chi connectivity index (χ3v) is 2.18. The van der Waals surface area contributed by atoms with E-state index in [9.17, 15) is 5.11 Å². The Kier molecular flexibility index (Phi) is 1.85. The van der Waals surface area contributed by atoms with Crippen LogP contribution in [-0.2, 0) is 14.2 Å². The highest BCUT2D eigenvalue weighted by atomic mass is 16.7. The topological polar surface area (TPSA) is 51.2 Å². The van der Waals surface area contributed by atoms with E-state index in [-0.39, 0.29) is 31.2 Å². The molecule has 0 spiro atoms. The average molecular weight is 160 g/mol. The van der Waals surface area contributed by atoms with Crippen molar-refractivity contribution in [3.05, 3.63) is 0 Å². The van der Waals surface area contributed by atoms with Crippen LogP contribution in [-0.4, -0.2) is 43.4 Å². The number of aliphatic hydroxyl groups excluding tert-OH is 1. The maximum atomic E-state index is 9.26. The van der Waals surface area contributed by atoms with Crippen LogP contribution in [0.1, 0.15) is 6.42 Å². The van der Waals surface area contributed by atoms with E-state index in [1.54, 1.807) is 7.11 Å². The second-order valence-corrected chi connectivity index (χ2v) is 2.98. The minimum atomic E-state index is -0.332. The maximum absolute atomic E-state index is 9.26. The quantitative estimate of drug-likeness (QED) is 0.447. The number of aliphatic hydroxyl groups is 1. The predicted octanol–water partition coefficient (Wildman–Crippen LogP) is -0.492. The van der Waals surface area contributed by atoms with Gasteiger partial charge in [0.2, 0.25) is 0 Å². The number of fused-ring (bicyclic) bond motifs is 1. The van der Waals surface area contributed by atoms with Crippen molar-refractivity contribution >= 4 is 0 Å². The molecule has 4 heteroatoms. The molecule has 2 aliphatic rings. The summed E-state index contributed by atoms with van der Waals surface area (Å²) in [6.45, 7) is 0.282. The molecule has 1 aliphatic heterocycles. The third-order valence-electron chi connectivity index (χ3n) is 2.18. The molecule has 0 aromatic heterocycles. The zero-order valence-corrected chi connectivity index (χ0v) is 6.40. The molecule has 0 radical (unpaired) electrons. The molecule has 0 aromatic rings. The lowest BCUT2D eigenvalue weighted by molar-refractivity contribution is -0.0894. The lowest BCUT2D eigenvalue weighted by Gasteiger charge is -2.12. The molecule has 0 aromatic carbocycles. The predicted molar refractivity (Wildman–Crippen MR) is 36.0 cm³/mol. The lowest BCUT2D eigenvalue weighted by Crippen LogP contribution is -2.19. The molecular formula is C7H12O4. The fourth-order valence-corrected chi connectivity index (χ4v) is 1.57. The molecule has 1 N–H and O–H groups in total. The Morgan fingerprint density at radius 1 is 1.55 bits per heavy atom. The Morgan fingerprint density at radius 2 is 2.36 bits per heavy atom. The summed E-state index contributed by atoms with van der Waals surface area (Å²) in [7, 11) is 1.58. The van der Waals surface area contributed by atoms with E-state index in [1.807, 2.05) is 0 Å². The minimum absolute atomic E-state index is 0.0370. The molecule has 11 heavy (non-hydrogen) atoms. The van der Waals surface area contributed by atoms with Crippen LogP contribution < -0.4 is 0 Å². The van der Waals surface area contributed by atoms with E-state index in [1.165, 1.54) is 0 Å². The first kappa shape index (κ1) is 7.49. The van der Waals surface area contributed by atoms with Crippen molar-refractivity contribution in [1.29, 1.82) is 0 Å². The summed E-state index contributed by atoms with van der Waals surface area (Å²) in [5.41, 5.74) is 0. The molecule has 1 saturated heterocycles. The summed E-state index contributed by atoms with van der Waals surface area (Å²) in [6, 6.07) is 0. The van der Waals surface area contributed by atoms with Crippen LogP contribution in [0.15, 0.2) is 0 Å². The molecule has 4 nitrogen and oxygen atoms in total. The van der Waals surface area contributed by atoms with Crippen LogP contribution >= 0.6 is 0 Å². The monoisotopic (exact) mass is 160 g/mol. The van der Waals surface area contributed by atoms with Crippen molar-refractivity contribution < 1.29 is 19.3 Å². The van der Waals surface area contributed by atoms with Crippen molar-refractivity contribution in [2.75, 3.05) is 13.9 Å². The van der Waals surface area contributed by atoms with Crippen molar-refractivity contribution in [2.24, 2.45) is 0 Å². The summed E-state index contributed by atoms with van der Waals surface area (Å²) in [5, 5.41) is 9.26. The molecule has 1 aliphatic carbocycles. The lowest BCUT2D eigenvalue weighted by atomic mass is 10.3. The van der Waals surface area contributed by atoms with Gasteiger partial charge in [-0.05, 0) is 0 Å². The molecule has 2 rings (SSSR count). The number of hydrogen-bond donors (Lipinski definition) is 1. The van der Waals surface area contributed by atoms with Crippen LogP contribution in [0, 0.1) is 0 Å². The van der Waals surface area contributed by atoms with Crippen LogP contribution in [0.4, 0.5) is 0 Å². The van der Waals surface area contributed by atoms with Crippen molar-refractivity contribution in [1.82, 2.24) is 0 Å². The van der Waals surface area contributed by atoms with Gasteiger partial charge in [0, 0.05) is 13.5 Å². The summed E-state index contributed by atoms with van der Waals surface area (Å²) >= 11 is 0. The van der Waals surface area contributed by atoms with Gasteiger partial charge < -0.3 is 19.3 Å². The number of hydrogen-bond acceptors (Lipinski definition) is 4. The molecular weight excluding hydrogens is 148 g/mol. The zero-order valence-electron chi connectivity index (χ0n) is 6.40. The van der Waals surface area contributed by atoms with E-state index in [2.05, 4.69) is 0 Å². The SMILES string of the molecule is COCO[C@@H]1C[C@@H](O)[C@H]2O[C@H]21. The Morgan fingerprint density at radius 3 is 2.82 bits per heavy atom. The van der Waals surface area contributed by atoms with Crippen molar-refractivity contribution in [2.45, 2.75) is 30.8 Å². The highest BCUT2D eigenvalue weighted by molar-refractivity contribution is 5.04. The fourth-order valence-electron chi connectivity index (χ4n) is 1.57. The maximum Gasteiger partial charge on any atom is 0.146 e. The van der Waals surface area contributed by atoms with Gasteiger partial charge >= 0.3 is 0 Å². The summed E-state index contributed by atoms with van der Waals surface area (Å²) in [6.07, 6.45) is 0.549. The first-order valence-electron chi connectivity index (χ1n) is 3.77. The van der Waals surface area contributed by atoms with Gasteiger partial charge in [-0.2, -0.15) is 0 Å². The summed E-state index contributed by atoms with van der Waals surface area (Å²) < 4.78 is 15.2. The number of ether oxygens (including phenoxy) is 3. The first-order chi connectivity index (χ1) is 5.33. The van der Waals surface area contributed by atoms with E-state index < -0.39 is 0 Å². The van der Waals surface area contributed by atoms with Crippen LogP contribution in [0.2, 0.25) is 0 Å². The number of rotatable bonds is 3. The highest BCUT2D eigenvalue weighted by Gasteiger charge is 2.56. The van der Waals surface area contributed by atoms with E-state index in [0.29, 0.717) is 6.42 Å².